The van der Waals surface area contributed by atoms with E-state index in [0.29, 0.717) is 10.2 Å². The van der Waals surface area contributed by atoms with Crippen molar-refractivity contribution in [1.29, 1.82) is 0 Å². The molecule has 1 heterocycles. The lowest BCUT2D eigenvalue weighted by atomic mass is 10.0. The van der Waals surface area contributed by atoms with E-state index in [2.05, 4.69) is 26.1 Å². The number of hydrogen-bond acceptors (Lipinski definition) is 2. The van der Waals surface area contributed by atoms with Crippen molar-refractivity contribution in [2.24, 2.45) is 0 Å². The van der Waals surface area contributed by atoms with Crippen LogP contribution in [0.25, 0.3) is 11.3 Å². The predicted octanol–water partition coefficient (Wildman–Crippen LogP) is 4.46. The second-order valence-corrected chi connectivity index (χ2v) is 5.13. The number of H-pyrrole nitrogens is 1. The zero-order chi connectivity index (χ0) is 13.4. The topological polar surface area (TPSA) is 28.7 Å². The van der Waals surface area contributed by atoms with Gasteiger partial charge in [0.05, 0.1) is 15.7 Å². The molecule has 0 fully saturated rings. The summed E-state index contributed by atoms with van der Waals surface area (Å²) >= 11 is 8.06. The maximum atomic E-state index is 14.0. The van der Waals surface area contributed by atoms with Crippen molar-refractivity contribution in [3.05, 3.63) is 44.0 Å². The molecule has 0 amide bonds. The molecule has 94 valence electrons. The van der Waals surface area contributed by atoms with Crippen LogP contribution >= 0.6 is 28.1 Å². The van der Waals surface area contributed by atoms with E-state index >= 15 is 0 Å². The Balaban J connectivity index is 2.82. The zero-order valence-electron chi connectivity index (χ0n) is 9.64. The first kappa shape index (κ1) is 13.3. The molecule has 2 nitrogen and oxygen atoms in total. The van der Waals surface area contributed by atoms with Gasteiger partial charge in [0.1, 0.15) is 16.3 Å². The molecule has 0 bridgehead atoms. The molecule has 0 spiro atoms. The van der Waals surface area contributed by atoms with Gasteiger partial charge in [-0.25, -0.2) is 8.78 Å². The molecule has 2 aromatic rings. The van der Waals surface area contributed by atoms with Crippen LogP contribution < -0.4 is 0 Å². The quantitative estimate of drug-likeness (QED) is 0.617. The summed E-state index contributed by atoms with van der Waals surface area (Å²) in [5.74, 6) is -1.33. The van der Waals surface area contributed by atoms with Crippen LogP contribution in [0.4, 0.5) is 8.78 Å². The van der Waals surface area contributed by atoms with E-state index in [0.717, 1.165) is 5.56 Å². The molecule has 1 N–H and O–H groups in total. The molecule has 1 aromatic carbocycles. The SMILES string of the molecule is Cc1c(-c2c(F)ccc(Br)c2F)n[nH]c(=S)c1C. The molecule has 0 aliphatic heterocycles. The average molecular weight is 331 g/mol. The van der Waals surface area contributed by atoms with Crippen LogP contribution in [0.15, 0.2) is 16.6 Å². The van der Waals surface area contributed by atoms with Crippen LogP contribution in [0.1, 0.15) is 11.1 Å². The lowest BCUT2D eigenvalue weighted by Crippen LogP contribution is -2.01. The summed E-state index contributed by atoms with van der Waals surface area (Å²) in [7, 11) is 0. The standard InChI is InChI=1S/C12H9BrF2N2S/c1-5-6(2)12(18)17-16-11(5)9-8(14)4-3-7(13)10(9)15/h3-4H,1-2H3,(H,17,18). The van der Waals surface area contributed by atoms with Crippen molar-refractivity contribution in [3.63, 3.8) is 0 Å². The normalized spacial score (nSPS) is 10.7. The lowest BCUT2D eigenvalue weighted by molar-refractivity contribution is 0.583. The number of rotatable bonds is 1. The van der Waals surface area contributed by atoms with Gasteiger partial charge < -0.3 is 0 Å². The van der Waals surface area contributed by atoms with Gasteiger partial charge in [-0.05, 0) is 53.0 Å². The van der Waals surface area contributed by atoms with Gasteiger partial charge in [0, 0.05) is 0 Å². The predicted molar refractivity (Wildman–Crippen MR) is 71.9 cm³/mol. The van der Waals surface area contributed by atoms with Crippen molar-refractivity contribution in [2.75, 3.05) is 0 Å². The van der Waals surface area contributed by atoms with Crippen LogP contribution in [0, 0.1) is 30.1 Å². The van der Waals surface area contributed by atoms with Crippen molar-refractivity contribution < 1.29 is 8.78 Å². The highest BCUT2D eigenvalue weighted by Gasteiger charge is 2.18. The number of aromatic nitrogens is 2. The third-order valence-corrected chi connectivity index (χ3v) is 3.82. The summed E-state index contributed by atoms with van der Waals surface area (Å²) in [6, 6.07) is 2.52. The third-order valence-electron chi connectivity index (χ3n) is 2.81. The summed E-state index contributed by atoms with van der Waals surface area (Å²) in [5, 5.41) is 6.54. The number of nitrogens with zero attached hydrogens (tertiary/aromatic N) is 1. The first-order valence-electron chi connectivity index (χ1n) is 5.13. The van der Waals surface area contributed by atoms with Crippen molar-refractivity contribution in [2.45, 2.75) is 13.8 Å². The summed E-state index contributed by atoms with van der Waals surface area (Å²) in [5.41, 5.74) is 1.50. The largest absolute Gasteiger partial charge is 0.267 e. The smallest absolute Gasteiger partial charge is 0.149 e. The molecule has 2 rings (SSSR count). The Bertz CT molecular complexity index is 683. The van der Waals surface area contributed by atoms with Crippen molar-refractivity contribution in [3.8, 4) is 11.3 Å². The van der Waals surface area contributed by atoms with Crippen LogP contribution in [0.2, 0.25) is 0 Å². The Kier molecular flexibility index (Phi) is 3.59. The molecule has 0 saturated heterocycles. The Morgan fingerprint density at radius 3 is 2.56 bits per heavy atom. The Morgan fingerprint density at radius 2 is 1.89 bits per heavy atom. The molecule has 18 heavy (non-hydrogen) atoms. The number of benzene rings is 1. The minimum atomic E-state index is -0.671. The second-order valence-electron chi connectivity index (χ2n) is 3.87. The third kappa shape index (κ3) is 2.10. The Hall–Kier alpha value is -1.14. The maximum Gasteiger partial charge on any atom is 0.149 e. The van der Waals surface area contributed by atoms with Gasteiger partial charge in [-0.1, -0.05) is 12.2 Å². The maximum absolute atomic E-state index is 14.0. The minimum Gasteiger partial charge on any atom is -0.267 e. The molecular weight excluding hydrogens is 322 g/mol. The summed E-state index contributed by atoms with van der Waals surface area (Å²) in [6.45, 7) is 3.52. The molecule has 0 saturated carbocycles. The first-order valence-corrected chi connectivity index (χ1v) is 6.33. The molecule has 0 unspecified atom stereocenters. The van der Waals surface area contributed by atoms with E-state index in [1.165, 1.54) is 12.1 Å². The average Bonchev–Trinajstić information content (AvgIpc) is 2.34. The summed E-state index contributed by atoms with van der Waals surface area (Å²) in [6.07, 6.45) is 0. The van der Waals surface area contributed by atoms with E-state index in [1.807, 2.05) is 0 Å². The van der Waals surface area contributed by atoms with Crippen LogP contribution in [-0.4, -0.2) is 10.2 Å². The summed E-state index contributed by atoms with van der Waals surface area (Å²) < 4.78 is 28.4. The van der Waals surface area contributed by atoms with E-state index in [9.17, 15) is 8.78 Å². The van der Waals surface area contributed by atoms with Gasteiger partial charge in [0.15, 0.2) is 0 Å². The van der Waals surface area contributed by atoms with Gasteiger partial charge in [0.2, 0.25) is 0 Å². The van der Waals surface area contributed by atoms with E-state index < -0.39 is 11.6 Å². The Morgan fingerprint density at radius 1 is 1.22 bits per heavy atom. The van der Waals surface area contributed by atoms with Gasteiger partial charge in [-0.15, -0.1) is 0 Å². The number of aromatic amines is 1. The van der Waals surface area contributed by atoms with E-state index in [1.54, 1.807) is 13.8 Å². The monoisotopic (exact) mass is 330 g/mol. The second kappa shape index (κ2) is 4.85. The highest BCUT2D eigenvalue weighted by molar-refractivity contribution is 9.10. The molecule has 0 radical (unpaired) electrons. The van der Waals surface area contributed by atoms with Crippen molar-refractivity contribution in [1.82, 2.24) is 10.2 Å². The Labute approximate surface area is 116 Å². The van der Waals surface area contributed by atoms with Crippen LogP contribution in [0.3, 0.4) is 0 Å². The number of hydrogen-bond donors (Lipinski definition) is 1. The molecular formula is C12H9BrF2N2S. The number of nitrogens with one attached hydrogen (secondary N) is 1. The van der Waals surface area contributed by atoms with Gasteiger partial charge in [-0.2, -0.15) is 5.10 Å². The van der Waals surface area contributed by atoms with Gasteiger partial charge >= 0.3 is 0 Å². The summed E-state index contributed by atoms with van der Waals surface area (Å²) in [4.78, 5) is 0. The first-order chi connectivity index (χ1) is 8.43. The van der Waals surface area contributed by atoms with Gasteiger partial charge in [-0.3, -0.25) is 5.10 Å². The van der Waals surface area contributed by atoms with E-state index in [-0.39, 0.29) is 15.7 Å². The molecule has 0 aliphatic carbocycles. The minimum absolute atomic E-state index is 0.156. The molecule has 0 aliphatic rings. The zero-order valence-corrected chi connectivity index (χ0v) is 12.0. The fourth-order valence-electron chi connectivity index (χ4n) is 1.61. The molecule has 0 atom stereocenters. The highest BCUT2D eigenvalue weighted by atomic mass is 79.9. The molecule has 6 heteroatoms. The van der Waals surface area contributed by atoms with Crippen LogP contribution in [-0.2, 0) is 0 Å². The highest BCUT2D eigenvalue weighted by Crippen LogP contribution is 2.31. The fourth-order valence-corrected chi connectivity index (χ4v) is 2.14. The van der Waals surface area contributed by atoms with Crippen LogP contribution in [0.5, 0.6) is 0 Å². The fraction of sp³-hybridized carbons (Fsp3) is 0.167. The number of halogens is 3. The van der Waals surface area contributed by atoms with Gasteiger partial charge in [0.25, 0.3) is 0 Å². The van der Waals surface area contributed by atoms with E-state index in [4.69, 9.17) is 12.2 Å². The van der Waals surface area contributed by atoms with Crippen molar-refractivity contribution >= 4 is 28.1 Å². The lowest BCUT2D eigenvalue weighted by Gasteiger charge is -2.10. The molecule has 1 aromatic heterocycles.